The number of halogens is 1. The topological polar surface area (TPSA) is 80.7 Å². The van der Waals surface area contributed by atoms with Crippen LogP contribution in [0.4, 0.5) is 5.69 Å². The van der Waals surface area contributed by atoms with Gasteiger partial charge in [-0.3, -0.25) is 14.5 Å². The number of fused-ring (bicyclic) bond motifs is 1. The summed E-state index contributed by atoms with van der Waals surface area (Å²) in [5.74, 6) is -2.01. The molecule has 6 nitrogen and oxygen atoms in total. The standard InChI is InChI=1S/C21H15BrN2O4S2/c22-13-6-7-15-14(10-13)17(19(27)24(15)11-12-4-2-1-3-5-12)18-20(28)23(21(29)30-18)9-8-16(25)26/h1-7,10H,8-9,11H2,(H,25,26)/p-1/b18-17-. The Kier molecular flexibility index (Phi) is 5.77. The highest BCUT2D eigenvalue weighted by molar-refractivity contribution is 9.10. The van der Waals surface area contributed by atoms with Crippen molar-refractivity contribution in [2.24, 2.45) is 0 Å². The van der Waals surface area contributed by atoms with E-state index in [2.05, 4.69) is 15.9 Å². The number of hydrogen-bond acceptors (Lipinski definition) is 6. The number of thiocarbonyl (C=S) groups is 1. The van der Waals surface area contributed by atoms with E-state index in [4.69, 9.17) is 12.2 Å². The van der Waals surface area contributed by atoms with Crippen molar-refractivity contribution in [1.29, 1.82) is 0 Å². The van der Waals surface area contributed by atoms with Gasteiger partial charge in [0.15, 0.2) is 0 Å². The van der Waals surface area contributed by atoms with Crippen LogP contribution in [-0.4, -0.2) is 33.5 Å². The van der Waals surface area contributed by atoms with E-state index in [0.29, 0.717) is 17.8 Å². The van der Waals surface area contributed by atoms with Gasteiger partial charge in [-0.2, -0.15) is 0 Å². The van der Waals surface area contributed by atoms with Crippen molar-refractivity contribution >= 4 is 73.3 Å². The summed E-state index contributed by atoms with van der Waals surface area (Å²) in [6, 6.07) is 15.1. The maximum absolute atomic E-state index is 13.4. The van der Waals surface area contributed by atoms with Crippen LogP contribution in [0.3, 0.4) is 0 Å². The van der Waals surface area contributed by atoms with E-state index < -0.39 is 11.9 Å². The zero-order valence-electron chi connectivity index (χ0n) is 15.5. The highest BCUT2D eigenvalue weighted by atomic mass is 79.9. The zero-order chi connectivity index (χ0) is 21.4. The quantitative estimate of drug-likeness (QED) is 0.462. The number of benzene rings is 2. The average molecular weight is 502 g/mol. The molecule has 2 aromatic rings. The van der Waals surface area contributed by atoms with Crippen molar-refractivity contribution < 1.29 is 19.5 Å². The van der Waals surface area contributed by atoms with Crippen LogP contribution >= 0.6 is 39.9 Å². The summed E-state index contributed by atoms with van der Waals surface area (Å²) in [6.45, 7) is 0.278. The summed E-state index contributed by atoms with van der Waals surface area (Å²) >= 11 is 9.72. The van der Waals surface area contributed by atoms with E-state index in [9.17, 15) is 19.5 Å². The third-order valence-electron chi connectivity index (χ3n) is 4.78. The number of anilines is 1. The molecule has 2 heterocycles. The van der Waals surface area contributed by atoms with Crippen molar-refractivity contribution in [3.05, 3.63) is 69.0 Å². The lowest BCUT2D eigenvalue weighted by atomic mass is 10.1. The van der Waals surface area contributed by atoms with Gasteiger partial charge in [0.05, 0.1) is 22.7 Å². The van der Waals surface area contributed by atoms with Crippen LogP contribution in [0, 0.1) is 0 Å². The minimum atomic E-state index is -1.27. The molecule has 0 bridgehead atoms. The summed E-state index contributed by atoms with van der Waals surface area (Å²) < 4.78 is 1.01. The summed E-state index contributed by atoms with van der Waals surface area (Å²) in [7, 11) is 0. The third-order valence-corrected chi connectivity index (χ3v) is 6.72. The number of carbonyl (C=O) groups excluding carboxylic acids is 3. The molecule has 152 valence electrons. The van der Waals surface area contributed by atoms with Gasteiger partial charge >= 0.3 is 0 Å². The fourth-order valence-electron chi connectivity index (χ4n) is 3.39. The zero-order valence-corrected chi connectivity index (χ0v) is 18.7. The van der Waals surface area contributed by atoms with Crippen LogP contribution in [0.1, 0.15) is 17.5 Å². The summed E-state index contributed by atoms with van der Waals surface area (Å²) in [4.78, 5) is 40.3. The Hall–Kier alpha value is -2.49. The van der Waals surface area contributed by atoms with E-state index in [-0.39, 0.29) is 33.7 Å². The second-order valence-corrected chi connectivity index (χ2v) is 9.25. The number of rotatable bonds is 5. The Morgan fingerprint density at radius 3 is 2.50 bits per heavy atom. The van der Waals surface area contributed by atoms with Gasteiger partial charge in [-0.1, -0.05) is 70.2 Å². The second-order valence-electron chi connectivity index (χ2n) is 6.69. The fraction of sp³-hybridized carbons (Fsp3) is 0.143. The number of thioether (sulfide) groups is 1. The fourth-order valence-corrected chi connectivity index (χ4v) is 5.13. The minimum Gasteiger partial charge on any atom is -0.550 e. The summed E-state index contributed by atoms with van der Waals surface area (Å²) in [5.41, 5.74) is 2.60. The predicted octanol–water partition coefficient (Wildman–Crippen LogP) is 2.71. The number of carboxylic acids is 1. The Balaban J connectivity index is 1.76. The van der Waals surface area contributed by atoms with Crippen LogP contribution in [0.15, 0.2) is 57.9 Å². The van der Waals surface area contributed by atoms with Crippen molar-refractivity contribution in [3.8, 4) is 0 Å². The first kappa shape index (κ1) is 20.8. The molecule has 0 atom stereocenters. The Bertz CT molecular complexity index is 1120. The van der Waals surface area contributed by atoms with Crippen LogP contribution in [-0.2, 0) is 20.9 Å². The van der Waals surface area contributed by atoms with Crippen LogP contribution in [0.5, 0.6) is 0 Å². The largest absolute Gasteiger partial charge is 0.550 e. The lowest BCUT2D eigenvalue weighted by Gasteiger charge is -2.17. The molecule has 0 spiro atoms. The Labute approximate surface area is 190 Å². The average Bonchev–Trinajstić information content (AvgIpc) is 3.13. The number of amides is 2. The molecular weight excluding hydrogens is 488 g/mol. The molecule has 0 aliphatic carbocycles. The maximum atomic E-state index is 13.4. The summed E-state index contributed by atoms with van der Waals surface area (Å²) in [6.07, 6.45) is -0.328. The maximum Gasteiger partial charge on any atom is 0.267 e. The number of nitrogens with zero attached hydrogens (tertiary/aromatic N) is 2. The van der Waals surface area contributed by atoms with E-state index in [1.165, 1.54) is 4.90 Å². The first-order valence-corrected chi connectivity index (χ1v) is 11.0. The highest BCUT2D eigenvalue weighted by Crippen LogP contribution is 2.45. The number of hydrogen-bond donors (Lipinski definition) is 0. The van der Waals surface area contributed by atoms with E-state index >= 15 is 0 Å². The van der Waals surface area contributed by atoms with E-state index in [1.54, 1.807) is 11.0 Å². The molecular formula is C21H14BrN2O4S2-. The number of carbonyl (C=O) groups is 3. The highest BCUT2D eigenvalue weighted by Gasteiger charge is 2.42. The molecule has 30 heavy (non-hydrogen) atoms. The molecule has 1 fully saturated rings. The molecule has 2 aliphatic heterocycles. The first-order chi connectivity index (χ1) is 14.4. The monoisotopic (exact) mass is 501 g/mol. The second kappa shape index (κ2) is 8.33. The lowest BCUT2D eigenvalue weighted by Crippen LogP contribution is -2.34. The van der Waals surface area contributed by atoms with Gasteiger partial charge in [-0.25, -0.2) is 0 Å². The molecule has 9 heteroatoms. The van der Waals surface area contributed by atoms with Crippen LogP contribution < -0.4 is 10.0 Å². The van der Waals surface area contributed by atoms with Crippen molar-refractivity contribution in [2.45, 2.75) is 13.0 Å². The minimum absolute atomic E-state index is 0.0863. The van der Waals surface area contributed by atoms with Gasteiger partial charge in [0.1, 0.15) is 4.32 Å². The molecule has 2 amide bonds. The molecule has 0 radical (unpaired) electrons. The molecule has 2 aliphatic rings. The molecule has 2 aromatic carbocycles. The Morgan fingerprint density at radius 2 is 1.80 bits per heavy atom. The van der Waals surface area contributed by atoms with Gasteiger partial charge in [0.25, 0.3) is 11.8 Å². The smallest absolute Gasteiger partial charge is 0.267 e. The molecule has 1 saturated heterocycles. The molecule has 0 aromatic heterocycles. The third kappa shape index (κ3) is 3.80. The molecule has 0 N–H and O–H groups in total. The van der Waals surface area contributed by atoms with Crippen LogP contribution in [0.25, 0.3) is 5.57 Å². The molecule has 0 unspecified atom stereocenters. The van der Waals surface area contributed by atoms with Crippen molar-refractivity contribution in [2.75, 3.05) is 11.4 Å². The SMILES string of the molecule is O=C([O-])CCN1C(=O)/C(=C2/C(=O)N(Cc3ccccc3)c3ccc(Br)cc32)SC1=S. The number of aliphatic carboxylic acids is 1. The normalized spacial score (nSPS) is 18.4. The molecule has 0 saturated carbocycles. The van der Waals surface area contributed by atoms with E-state index in [0.717, 1.165) is 21.8 Å². The lowest BCUT2D eigenvalue weighted by molar-refractivity contribution is -0.305. The van der Waals surface area contributed by atoms with Crippen molar-refractivity contribution in [1.82, 2.24) is 4.90 Å². The van der Waals surface area contributed by atoms with Gasteiger partial charge in [-0.05, 0) is 23.8 Å². The van der Waals surface area contributed by atoms with Crippen LogP contribution in [0.2, 0.25) is 0 Å². The summed E-state index contributed by atoms with van der Waals surface area (Å²) in [5, 5.41) is 10.8. The van der Waals surface area contributed by atoms with E-state index in [1.807, 2.05) is 42.5 Å². The van der Waals surface area contributed by atoms with Gasteiger partial charge in [0, 0.05) is 29.0 Å². The van der Waals surface area contributed by atoms with Gasteiger partial charge in [0.2, 0.25) is 0 Å². The van der Waals surface area contributed by atoms with Crippen molar-refractivity contribution in [3.63, 3.8) is 0 Å². The molecule has 4 rings (SSSR count). The Morgan fingerprint density at radius 1 is 1.07 bits per heavy atom. The van der Waals surface area contributed by atoms with Gasteiger partial charge < -0.3 is 14.8 Å². The first-order valence-electron chi connectivity index (χ1n) is 9.00. The predicted molar refractivity (Wildman–Crippen MR) is 120 cm³/mol. The van der Waals surface area contributed by atoms with Gasteiger partial charge in [-0.15, -0.1) is 0 Å². The number of carboxylic acid groups (broad SMARTS) is 1.